The number of nitrogens with one attached hydrogen (secondary N) is 2. The van der Waals surface area contributed by atoms with Crippen LogP contribution in [-0.4, -0.2) is 17.6 Å². The number of carbonyl (C=O) groups excluding carboxylic acids is 1. The smallest absolute Gasteiger partial charge is 0.319 e. The maximum atomic E-state index is 12.2. The Labute approximate surface area is 140 Å². The van der Waals surface area contributed by atoms with Crippen molar-refractivity contribution in [1.29, 1.82) is 0 Å². The fourth-order valence-corrected chi connectivity index (χ4v) is 3.43. The molecular weight excluding hydrogens is 298 g/mol. The average Bonchev–Trinajstić information content (AvgIpc) is 3.03. The summed E-state index contributed by atoms with van der Waals surface area (Å²) in [4.78, 5) is 16.4. The second kappa shape index (κ2) is 6.32. The van der Waals surface area contributed by atoms with E-state index in [1.807, 2.05) is 24.3 Å². The van der Waals surface area contributed by atoms with E-state index < -0.39 is 0 Å². The number of hydrogen-bond donors (Lipinski definition) is 2. The minimum absolute atomic E-state index is 0.157. The topological polar surface area (TPSA) is 54.0 Å². The van der Waals surface area contributed by atoms with Gasteiger partial charge in [0.15, 0.2) is 0 Å². The first kappa shape index (κ1) is 14.7. The van der Waals surface area contributed by atoms with Gasteiger partial charge in [0.25, 0.3) is 0 Å². The highest BCUT2D eigenvalue weighted by Crippen LogP contribution is 2.26. The maximum absolute atomic E-state index is 12.2. The summed E-state index contributed by atoms with van der Waals surface area (Å²) in [5.41, 5.74) is 3.62. The standard InChI is InChI=1S/C20H19N3O/c24-20(22-12-14-10-15-4-1-2-5-16(15)11-14)23-19-7-3-6-17-13-21-9-8-18(17)19/h1-9,13-14H,10-12H2,(H2,22,23,24). The summed E-state index contributed by atoms with van der Waals surface area (Å²) in [6.07, 6.45) is 5.61. The third-order valence-corrected chi connectivity index (χ3v) is 4.62. The van der Waals surface area contributed by atoms with Crippen LogP contribution in [0.3, 0.4) is 0 Å². The van der Waals surface area contributed by atoms with Crippen molar-refractivity contribution >= 4 is 22.5 Å². The molecule has 2 N–H and O–H groups in total. The van der Waals surface area contributed by atoms with E-state index in [4.69, 9.17) is 0 Å². The molecule has 4 nitrogen and oxygen atoms in total. The van der Waals surface area contributed by atoms with Gasteiger partial charge >= 0.3 is 6.03 Å². The molecule has 1 aromatic heterocycles. The fourth-order valence-electron chi connectivity index (χ4n) is 3.43. The first-order valence-electron chi connectivity index (χ1n) is 8.24. The first-order chi connectivity index (χ1) is 11.8. The van der Waals surface area contributed by atoms with Crippen LogP contribution in [-0.2, 0) is 12.8 Å². The van der Waals surface area contributed by atoms with Crippen molar-refractivity contribution in [3.8, 4) is 0 Å². The molecule has 0 fully saturated rings. The summed E-state index contributed by atoms with van der Waals surface area (Å²) in [6.45, 7) is 0.687. The average molecular weight is 317 g/mol. The molecule has 4 heteroatoms. The normalized spacial score (nSPS) is 13.7. The van der Waals surface area contributed by atoms with Crippen molar-refractivity contribution in [2.45, 2.75) is 12.8 Å². The van der Waals surface area contributed by atoms with Crippen LogP contribution in [0.5, 0.6) is 0 Å². The Morgan fingerprint density at radius 3 is 2.62 bits per heavy atom. The summed E-state index contributed by atoms with van der Waals surface area (Å²) in [5.74, 6) is 0.477. The van der Waals surface area contributed by atoms with Gasteiger partial charge in [-0.1, -0.05) is 36.4 Å². The van der Waals surface area contributed by atoms with Gasteiger partial charge in [-0.25, -0.2) is 4.79 Å². The van der Waals surface area contributed by atoms with E-state index >= 15 is 0 Å². The van der Waals surface area contributed by atoms with Gasteiger partial charge in [0.2, 0.25) is 0 Å². The van der Waals surface area contributed by atoms with Gasteiger partial charge in [0, 0.05) is 29.7 Å². The molecule has 0 bridgehead atoms. The molecule has 0 aliphatic heterocycles. The van der Waals surface area contributed by atoms with E-state index in [0.29, 0.717) is 12.5 Å². The van der Waals surface area contributed by atoms with E-state index in [0.717, 1.165) is 29.3 Å². The number of anilines is 1. The molecule has 1 heterocycles. The molecule has 0 radical (unpaired) electrons. The lowest BCUT2D eigenvalue weighted by Gasteiger charge is -2.13. The number of rotatable bonds is 3. The third-order valence-electron chi connectivity index (χ3n) is 4.62. The molecule has 1 aliphatic carbocycles. The monoisotopic (exact) mass is 317 g/mol. The molecular formula is C20H19N3O. The summed E-state index contributed by atoms with van der Waals surface area (Å²) >= 11 is 0. The summed E-state index contributed by atoms with van der Waals surface area (Å²) < 4.78 is 0. The number of amides is 2. The zero-order valence-electron chi connectivity index (χ0n) is 13.3. The highest BCUT2D eigenvalue weighted by Gasteiger charge is 2.21. The number of pyridine rings is 1. The van der Waals surface area contributed by atoms with Gasteiger partial charge in [-0.05, 0) is 42.0 Å². The molecule has 24 heavy (non-hydrogen) atoms. The number of aromatic nitrogens is 1. The van der Waals surface area contributed by atoms with Crippen molar-refractivity contribution in [3.05, 3.63) is 72.1 Å². The second-order valence-corrected chi connectivity index (χ2v) is 6.28. The van der Waals surface area contributed by atoms with Crippen molar-refractivity contribution in [2.24, 2.45) is 5.92 Å². The first-order valence-corrected chi connectivity index (χ1v) is 8.24. The van der Waals surface area contributed by atoms with E-state index in [1.54, 1.807) is 12.4 Å². The van der Waals surface area contributed by atoms with Crippen LogP contribution in [0.15, 0.2) is 60.9 Å². The van der Waals surface area contributed by atoms with Crippen LogP contribution in [0.2, 0.25) is 0 Å². The zero-order chi connectivity index (χ0) is 16.4. The number of hydrogen-bond acceptors (Lipinski definition) is 2. The predicted molar refractivity (Wildman–Crippen MR) is 96.1 cm³/mol. The van der Waals surface area contributed by atoms with E-state index in [2.05, 4.69) is 39.9 Å². The van der Waals surface area contributed by atoms with E-state index in [-0.39, 0.29) is 6.03 Å². The van der Waals surface area contributed by atoms with Crippen molar-refractivity contribution in [1.82, 2.24) is 10.3 Å². The van der Waals surface area contributed by atoms with Crippen molar-refractivity contribution < 1.29 is 4.79 Å². The molecule has 0 saturated carbocycles. The number of benzene rings is 2. The molecule has 0 spiro atoms. The molecule has 3 aromatic rings. The Morgan fingerprint density at radius 2 is 1.83 bits per heavy atom. The molecule has 1 aliphatic rings. The molecule has 120 valence electrons. The minimum Gasteiger partial charge on any atom is -0.338 e. The highest BCUT2D eigenvalue weighted by atomic mass is 16.2. The Hall–Kier alpha value is -2.88. The van der Waals surface area contributed by atoms with Gasteiger partial charge in [0.05, 0.1) is 5.69 Å². The summed E-state index contributed by atoms with van der Waals surface area (Å²) in [6, 6.07) is 16.1. The largest absolute Gasteiger partial charge is 0.338 e. The van der Waals surface area contributed by atoms with Crippen molar-refractivity contribution in [3.63, 3.8) is 0 Å². The van der Waals surface area contributed by atoms with Gasteiger partial charge < -0.3 is 10.6 Å². The lowest BCUT2D eigenvalue weighted by atomic mass is 10.1. The van der Waals surface area contributed by atoms with Crippen LogP contribution >= 0.6 is 0 Å². The van der Waals surface area contributed by atoms with Crippen LogP contribution in [0, 0.1) is 5.92 Å². The number of nitrogens with zero attached hydrogens (tertiary/aromatic N) is 1. The molecule has 2 aromatic carbocycles. The molecule has 0 unspecified atom stereocenters. The SMILES string of the molecule is O=C(NCC1Cc2ccccc2C1)Nc1cccc2cnccc12. The number of carbonyl (C=O) groups is 1. The highest BCUT2D eigenvalue weighted by molar-refractivity contribution is 6.01. The van der Waals surface area contributed by atoms with Crippen LogP contribution in [0.25, 0.3) is 10.8 Å². The predicted octanol–water partition coefficient (Wildman–Crippen LogP) is 3.77. The van der Waals surface area contributed by atoms with Crippen LogP contribution in [0.4, 0.5) is 10.5 Å². The second-order valence-electron chi connectivity index (χ2n) is 6.28. The van der Waals surface area contributed by atoms with Gasteiger partial charge in [-0.2, -0.15) is 0 Å². The van der Waals surface area contributed by atoms with Crippen LogP contribution < -0.4 is 10.6 Å². The molecule has 4 rings (SSSR count). The van der Waals surface area contributed by atoms with Crippen LogP contribution in [0.1, 0.15) is 11.1 Å². The fraction of sp³-hybridized carbons (Fsp3) is 0.200. The van der Waals surface area contributed by atoms with E-state index in [1.165, 1.54) is 11.1 Å². The molecule has 0 atom stereocenters. The lowest BCUT2D eigenvalue weighted by Crippen LogP contribution is -2.33. The molecule has 0 saturated heterocycles. The van der Waals surface area contributed by atoms with Gasteiger partial charge in [0.1, 0.15) is 0 Å². The Balaban J connectivity index is 1.37. The lowest BCUT2D eigenvalue weighted by molar-refractivity contribution is 0.250. The summed E-state index contributed by atoms with van der Waals surface area (Å²) in [7, 11) is 0. The Morgan fingerprint density at radius 1 is 1.04 bits per heavy atom. The maximum Gasteiger partial charge on any atom is 0.319 e. The zero-order valence-corrected chi connectivity index (χ0v) is 13.3. The minimum atomic E-state index is -0.157. The summed E-state index contributed by atoms with van der Waals surface area (Å²) in [5, 5.41) is 7.97. The quantitative estimate of drug-likeness (QED) is 0.772. The number of urea groups is 1. The van der Waals surface area contributed by atoms with Gasteiger partial charge in [-0.3, -0.25) is 4.98 Å². The van der Waals surface area contributed by atoms with Crippen molar-refractivity contribution in [2.75, 3.05) is 11.9 Å². The van der Waals surface area contributed by atoms with E-state index in [9.17, 15) is 4.79 Å². The Bertz CT molecular complexity index is 860. The molecule has 2 amide bonds. The third kappa shape index (κ3) is 2.95. The Kier molecular flexibility index (Phi) is 3.87. The number of fused-ring (bicyclic) bond motifs is 2. The van der Waals surface area contributed by atoms with Gasteiger partial charge in [-0.15, -0.1) is 0 Å².